The summed E-state index contributed by atoms with van der Waals surface area (Å²) < 4.78 is 53.6. The summed E-state index contributed by atoms with van der Waals surface area (Å²) in [5, 5.41) is 14.4. The van der Waals surface area contributed by atoms with E-state index in [0.29, 0.717) is 42.4 Å². The molecule has 0 saturated heterocycles. The van der Waals surface area contributed by atoms with Crippen LogP contribution in [0.3, 0.4) is 0 Å². The molecule has 31 heavy (non-hydrogen) atoms. The molecule has 0 aliphatic heterocycles. The first-order valence-corrected chi connectivity index (χ1v) is 10.0. The predicted octanol–water partition coefficient (Wildman–Crippen LogP) is 4.49. The van der Waals surface area contributed by atoms with E-state index in [2.05, 4.69) is 10.6 Å². The summed E-state index contributed by atoms with van der Waals surface area (Å²) in [4.78, 5) is 11.7. The van der Waals surface area contributed by atoms with E-state index in [1.807, 2.05) is 6.07 Å². The van der Waals surface area contributed by atoms with Crippen molar-refractivity contribution in [3.8, 4) is 17.2 Å². The Kier molecular flexibility index (Phi) is 6.65. The first-order chi connectivity index (χ1) is 14.7. The van der Waals surface area contributed by atoms with Gasteiger partial charge in [-0.05, 0) is 80.1 Å². The maximum Gasteiger partial charge on any atom is 0.471 e. The van der Waals surface area contributed by atoms with Gasteiger partial charge in [0.05, 0.1) is 11.6 Å². The molecule has 0 heterocycles. The lowest BCUT2D eigenvalue weighted by Crippen LogP contribution is -2.57. The predicted molar refractivity (Wildman–Crippen MR) is 108 cm³/mol. The number of amides is 1. The topological polar surface area (TPSA) is 64.9 Å². The largest absolute Gasteiger partial charge is 0.471 e. The molecule has 8 heteroatoms. The molecule has 0 bridgehead atoms. The Morgan fingerprint density at radius 2 is 1.84 bits per heavy atom. The molecular weight excluding hydrogens is 410 g/mol. The minimum absolute atomic E-state index is 0.0527. The fourth-order valence-corrected chi connectivity index (χ4v) is 4.14. The van der Waals surface area contributed by atoms with E-state index < -0.39 is 23.4 Å². The van der Waals surface area contributed by atoms with Gasteiger partial charge in [-0.2, -0.15) is 18.4 Å². The number of carbonyl (C=O) groups excluding carboxylic acids is 1. The molecule has 1 saturated carbocycles. The molecule has 4 nitrogen and oxygen atoms in total. The van der Waals surface area contributed by atoms with Crippen molar-refractivity contribution in [3.63, 3.8) is 0 Å². The van der Waals surface area contributed by atoms with E-state index >= 15 is 0 Å². The Morgan fingerprint density at radius 1 is 1.16 bits per heavy atom. The highest BCUT2D eigenvalue weighted by atomic mass is 19.4. The van der Waals surface area contributed by atoms with E-state index in [4.69, 9.17) is 5.26 Å². The van der Waals surface area contributed by atoms with Gasteiger partial charge in [-0.3, -0.25) is 4.79 Å². The van der Waals surface area contributed by atoms with Gasteiger partial charge in [-0.15, -0.1) is 0 Å². The molecule has 2 N–H and O–H groups in total. The van der Waals surface area contributed by atoms with Crippen LogP contribution in [0.4, 0.5) is 17.6 Å². The Bertz CT molecular complexity index is 989. The third-order valence-electron chi connectivity index (χ3n) is 5.89. The maximum absolute atomic E-state index is 14.7. The van der Waals surface area contributed by atoms with Crippen LogP contribution in [-0.2, 0) is 11.2 Å². The highest BCUT2D eigenvalue weighted by Gasteiger charge is 2.45. The molecule has 164 valence electrons. The maximum atomic E-state index is 14.7. The first-order valence-electron chi connectivity index (χ1n) is 10.0. The number of hydrogen-bond donors (Lipinski definition) is 2. The van der Waals surface area contributed by atoms with Gasteiger partial charge in [0.2, 0.25) is 0 Å². The van der Waals surface area contributed by atoms with Gasteiger partial charge in [0.25, 0.3) is 0 Å². The molecule has 0 spiro atoms. The van der Waals surface area contributed by atoms with Crippen molar-refractivity contribution in [1.82, 2.24) is 10.6 Å². The van der Waals surface area contributed by atoms with Gasteiger partial charge in [0.1, 0.15) is 5.82 Å². The monoisotopic (exact) mass is 433 g/mol. The molecule has 1 aliphatic carbocycles. The summed E-state index contributed by atoms with van der Waals surface area (Å²) >= 11 is 0. The van der Waals surface area contributed by atoms with Gasteiger partial charge in [-0.25, -0.2) is 4.39 Å². The van der Waals surface area contributed by atoms with Gasteiger partial charge in [0, 0.05) is 11.6 Å². The molecule has 2 aromatic carbocycles. The van der Waals surface area contributed by atoms with Gasteiger partial charge < -0.3 is 10.6 Å². The normalized spacial score (nSPS) is 21.4. The second-order valence-corrected chi connectivity index (χ2v) is 7.97. The SMILES string of the molecule is CNC1CCC(Cc2cc(-c3cccc(C#N)c3)ccc2F)(NC(=O)C(F)(F)F)CC1. The second-order valence-electron chi connectivity index (χ2n) is 7.97. The summed E-state index contributed by atoms with van der Waals surface area (Å²) in [5.41, 5.74) is 0.837. The van der Waals surface area contributed by atoms with Crippen LogP contribution in [0.15, 0.2) is 42.5 Å². The van der Waals surface area contributed by atoms with Crippen LogP contribution in [0.2, 0.25) is 0 Å². The van der Waals surface area contributed by atoms with Crippen LogP contribution >= 0.6 is 0 Å². The zero-order chi connectivity index (χ0) is 22.6. The highest BCUT2D eigenvalue weighted by Crippen LogP contribution is 2.34. The number of rotatable bonds is 5. The smallest absolute Gasteiger partial charge is 0.343 e. The molecule has 0 radical (unpaired) electrons. The van der Waals surface area contributed by atoms with Crippen molar-refractivity contribution in [2.75, 3.05) is 7.05 Å². The molecule has 0 atom stereocenters. The van der Waals surface area contributed by atoms with Gasteiger partial charge in [-0.1, -0.05) is 18.2 Å². The summed E-state index contributed by atoms with van der Waals surface area (Å²) in [5.74, 6) is -2.55. The van der Waals surface area contributed by atoms with E-state index in [-0.39, 0.29) is 18.0 Å². The lowest BCUT2D eigenvalue weighted by Gasteiger charge is -2.41. The number of benzene rings is 2. The average Bonchev–Trinajstić information content (AvgIpc) is 2.75. The zero-order valence-corrected chi connectivity index (χ0v) is 17.0. The lowest BCUT2D eigenvalue weighted by atomic mass is 9.75. The van der Waals surface area contributed by atoms with E-state index in [9.17, 15) is 22.4 Å². The minimum atomic E-state index is -5.01. The Hall–Kier alpha value is -2.92. The number of nitrogens with zero attached hydrogens (tertiary/aromatic N) is 1. The molecular formula is C23H23F4N3O. The minimum Gasteiger partial charge on any atom is -0.343 e. The number of halogens is 4. The van der Waals surface area contributed by atoms with Crippen LogP contribution in [0, 0.1) is 17.1 Å². The van der Waals surface area contributed by atoms with Gasteiger partial charge >= 0.3 is 12.1 Å². The van der Waals surface area contributed by atoms with Crippen molar-refractivity contribution in [2.45, 2.75) is 49.9 Å². The number of hydrogen-bond acceptors (Lipinski definition) is 3. The van der Waals surface area contributed by atoms with Crippen molar-refractivity contribution < 1.29 is 22.4 Å². The van der Waals surface area contributed by atoms with E-state index in [0.717, 1.165) is 0 Å². The van der Waals surface area contributed by atoms with Crippen LogP contribution < -0.4 is 10.6 Å². The van der Waals surface area contributed by atoms with E-state index in [1.165, 1.54) is 6.07 Å². The summed E-state index contributed by atoms with van der Waals surface area (Å²) in [6.07, 6.45) is -3.32. The molecule has 2 aromatic rings. The van der Waals surface area contributed by atoms with Crippen LogP contribution in [0.25, 0.3) is 11.1 Å². The lowest BCUT2D eigenvalue weighted by molar-refractivity contribution is -0.176. The van der Waals surface area contributed by atoms with Crippen molar-refractivity contribution in [3.05, 3.63) is 59.4 Å². The third-order valence-corrected chi connectivity index (χ3v) is 5.89. The quantitative estimate of drug-likeness (QED) is 0.683. The molecule has 1 aliphatic rings. The second kappa shape index (κ2) is 9.06. The fraction of sp³-hybridized carbons (Fsp3) is 0.391. The first kappa shape index (κ1) is 22.8. The molecule has 0 aromatic heterocycles. The number of alkyl halides is 3. The van der Waals surface area contributed by atoms with E-state index in [1.54, 1.807) is 43.4 Å². The summed E-state index contributed by atoms with van der Waals surface area (Å²) in [6.45, 7) is 0. The zero-order valence-electron chi connectivity index (χ0n) is 17.0. The van der Waals surface area contributed by atoms with Gasteiger partial charge in [0.15, 0.2) is 0 Å². The van der Waals surface area contributed by atoms with Crippen LogP contribution in [0.5, 0.6) is 0 Å². The number of nitriles is 1. The van der Waals surface area contributed by atoms with Crippen molar-refractivity contribution in [2.24, 2.45) is 0 Å². The number of carbonyl (C=O) groups is 1. The standard InChI is InChI=1S/C23H23F4N3O/c1-29-19-7-9-22(10-8-19,30-21(31)23(25,26)27)13-18-12-17(5-6-20(18)24)16-4-2-3-15(11-16)14-28/h2-6,11-12,19,29H,7-10,13H2,1H3,(H,30,31). The third kappa shape index (κ3) is 5.42. The summed E-state index contributed by atoms with van der Waals surface area (Å²) in [7, 11) is 1.78. The molecule has 3 rings (SSSR count). The van der Waals surface area contributed by atoms with Crippen LogP contribution in [0.1, 0.15) is 36.8 Å². The molecule has 1 fully saturated rings. The summed E-state index contributed by atoms with van der Waals surface area (Å²) in [6, 6.07) is 13.4. The Labute approximate surface area is 178 Å². The molecule has 0 unspecified atom stereocenters. The highest BCUT2D eigenvalue weighted by molar-refractivity contribution is 5.82. The number of nitrogens with one attached hydrogen (secondary N) is 2. The fourth-order valence-electron chi connectivity index (χ4n) is 4.14. The Balaban J connectivity index is 1.93. The Morgan fingerprint density at radius 3 is 2.45 bits per heavy atom. The van der Waals surface area contributed by atoms with Crippen LogP contribution in [-0.4, -0.2) is 30.7 Å². The van der Waals surface area contributed by atoms with Crippen molar-refractivity contribution >= 4 is 5.91 Å². The molecule has 1 amide bonds. The average molecular weight is 433 g/mol. The van der Waals surface area contributed by atoms with Crippen molar-refractivity contribution in [1.29, 1.82) is 5.26 Å².